The van der Waals surface area contributed by atoms with E-state index in [9.17, 15) is 18.3 Å². The highest BCUT2D eigenvalue weighted by molar-refractivity contribution is 7.89. The van der Waals surface area contributed by atoms with Crippen LogP contribution in [0.25, 0.3) is 11.3 Å². The standard InChI is InChI=1S/C23H32N4O4S/c1-2-27(19-6-4-3-5-7-19)23(29)25-16-22(24-17-25)18-8-10-21(11-9-18)32(30,31)26-14-12-20(28)13-15-26/h8-11,16-17,19-20,28H,2-7,12-15H2,1H3. The second-order valence-corrected chi connectivity index (χ2v) is 10.6. The lowest BCUT2D eigenvalue weighted by atomic mass is 9.94. The predicted molar refractivity (Wildman–Crippen MR) is 122 cm³/mol. The molecule has 9 heteroatoms. The fourth-order valence-electron chi connectivity index (χ4n) is 4.70. The third-order valence-corrected chi connectivity index (χ3v) is 8.53. The Morgan fingerprint density at radius 2 is 1.75 bits per heavy atom. The van der Waals surface area contributed by atoms with Gasteiger partial charge in [0.15, 0.2) is 0 Å². The summed E-state index contributed by atoms with van der Waals surface area (Å²) >= 11 is 0. The number of amides is 1. The number of hydrogen-bond acceptors (Lipinski definition) is 5. The summed E-state index contributed by atoms with van der Waals surface area (Å²) in [4.78, 5) is 19.6. The molecule has 0 spiro atoms. The molecule has 1 aromatic carbocycles. The maximum Gasteiger partial charge on any atom is 0.329 e. The van der Waals surface area contributed by atoms with Crippen molar-refractivity contribution in [2.75, 3.05) is 19.6 Å². The number of rotatable bonds is 5. The lowest BCUT2D eigenvalue weighted by molar-refractivity contribution is 0.113. The van der Waals surface area contributed by atoms with E-state index in [4.69, 9.17) is 0 Å². The average Bonchev–Trinajstić information content (AvgIpc) is 3.31. The van der Waals surface area contributed by atoms with Crippen molar-refractivity contribution in [2.24, 2.45) is 0 Å². The molecule has 1 amide bonds. The quantitative estimate of drug-likeness (QED) is 0.738. The van der Waals surface area contributed by atoms with E-state index < -0.39 is 16.1 Å². The Bertz CT molecular complexity index is 1020. The summed E-state index contributed by atoms with van der Waals surface area (Å²) in [5.74, 6) is 0. The molecule has 1 aliphatic heterocycles. The molecule has 4 rings (SSSR count). The minimum absolute atomic E-state index is 0.0652. The highest BCUT2D eigenvalue weighted by atomic mass is 32.2. The van der Waals surface area contributed by atoms with E-state index in [0.717, 1.165) is 31.2 Å². The normalized spacial score (nSPS) is 19.2. The summed E-state index contributed by atoms with van der Waals surface area (Å²) in [6.07, 6.45) is 9.40. The maximum atomic E-state index is 13.0. The van der Waals surface area contributed by atoms with Crippen LogP contribution in [0.1, 0.15) is 51.9 Å². The molecule has 8 nitrogen and oxygen atoms in total. The number of aliphatic hydroxyl groups is 1. The smallest absolute Gasteiger partial charge is 0.329 e. The summed E-state index contributed by atoms with van der Waals surface area (Å²) in [7, 11) is -3.58. The molecule has 32 heavy (non-hydrogen) atoms. The first kappa shape index (κ1) is 22.9. The summed E-state index contributed by atoms with van der Waals surface area (Å²) in [5, 5.41) is 9.63. The van der Waals surface area contributed by atoms with Crippen LogP contribution in [0.4, 0.5) is 4.79 Å². The first-order valence-electron chi connectivity index (χ1n) is 11.5. The molecule has 1 aromatic heterocycles. The number of carbonyl (C=O) groups excluding carboxylic acids is 1. The maximum absolute atomic E-state index is 13.0. The van der Waals surface area contributed by atoms with Crippen LogP contribution in [0, 0.1) is 0 Å². The summed E-state index contributed by atoms with van der Waals surface area (Å²) in [6, 6.07) is 6.83. The van der Waals surface area contributed by atoms with Gasteiger partial charge in [-0.1, -0.05) is 31.4 Å². The largest absolute Gasteiger partial charge is 0.393 e. The lowest BCUT2D eigenvalue weighted by Crippen LogP contribution is -2.43. The molecule has 2 aliphatic rings. The zero-order chi connectivity index (χ0) is 22.7. The molecule has 2 fully saturated rings. The molecule has 1 saturated heterocycles. The van der Waals surface area contributed by atoms with Gasteiger partial charge in [-0.3, -0.25) is 4.57 Å². The second kappa shape index (κ2) is 9.72. The number of piperidine rings is 1. The zero-order valence-electron chi connectivity index (χ0n) is 18.6. The number of aromatic nitrogens is 2. The molecule has 0 atom stereocenters. The van der Waals surface area contributed by atoms with Crippen molar-refractivity contribution in [1.29, 1.82) is 0 Å². The molecule has 0 bridgehead atoms. The van der Waals surface area contributed by atoms with Crippen LogP contribution < -0.4 is 0 Å². The van der Waals surface area contributed by atoms with Gasteiger partial charge in [-0.25, -0.2) is 18.2 Å². The Morgan fingerprint density at radius 3 is 2.38 bits per heavy atom. The van der Waals surface area contributed by atoms with E-state index in [0.29, 0.717) is 38.2 Å². The van der Waals surface area contributed by atoms with Gasteiger partial charge in [-0.15, -0.1) is 0 Å². The van der Waals surface area contributed by atoms with Gasteiger partial charge in [0.2, 0.25) is 10.0 Å². The molecule has 0 unspecified atom stereocenters. The van der Waals surface area contributed by atoms with Gasteiger partial charge in [-0.05, 0) is 44.7 Å². The van der Waals surface area contributed by atoms with Crippen LogP contribution in [0.5, 0.6) is 0 Å². The Labute approximate surface area is 189 Å². The lowest BCUT2D eigenvalue weighted by Gasteiger charge is -2.33. The Balaban J connectivity index is 1.48. The second-order valence-electron chi connectivity index (χ2n) is 8.69. The molecule has 1 N–H and O–H groups in total. The number of sulfonamides is 1. The average molecular weight is 461 g/mol. The molecule has 174 valence electrons. The van der Waals surface area contributed by atoms with Crippen LogP contribution in [0.2, 0.25) is 0 Å². The first-order chi connectivity index (χ1) is 15.4. The highest BCUT2D eigenvalue weighted by Crippen LogP contribution is 2.26. The summed E-state index contributed by atoms with van der Waals surface area (Å²) in [6.45, 7) is 3.32. The Hall–Kier alpha value is -2.23. The monoisotopic (exact) mass is 460 g/mol. The minimum Gasteiger partial charge on any atom is -0.393 e. The van der Waals surface area contributed by atoms with Crippen molar-refractivity contribution < 1.29 is 18.3 Å². The Morgan fingerprint density at radius 1 is 1.09 bits per heavy atom. The molecule has 2 aromatic rings. The topological polar surface area (TPSA) is 95.7 Å². The van der Waals surface area contributed by atoms with Crippen LogP contribution in [-0.4, -0.2) is 70.1 Å². The fraction of sp³-hybridized carbons (Fsp3) is 0.565. The number of hydrogen-bond donors (Lipinski definition) is 1. The molecule has 1 saturated carbocycles. The molecule has 1 aliphatic carbocycles. The number of imidazole rings is 1. The van der Waals surface area contributed by atoms with E-state index in [-0.39, 0.29) is 17.0 Å². The fourth-order valence-corrected chi connectivity index (χ4v) is 6.17. The van der Waals surface area contributed by atoms with E-state index >= 15 is 0 Å². The molecular weight excluding hydrogens is 428 g/mol. The Kier molecular flexibility index (Phi) is 6.97. The van der Waals surface area contributed by atoms with Crippen LogP contribution in [0.3, 0.4) is 0 Å². The van der Waals surface area contributed by atoms with Gasteiger partial charge < -0.3 is 10.0 Å². The van der Waals surface area contributed by atoms with Crippen molar-refractivity contribution in [3.8, 4) is 11.3 Å². The van der Waals surface area contributed by atoms with Crippen molar-refractivity contribution in [2.45, 2.75) is 68.9 Å². The van der Waals surface area contributed by atoms with E-state index in [1.807, 2.05) is 11.8 Å². The third-order valence-electron chi connectivity index (χ3n) is 6.62. The van der Waals surface area contributed by atoms with Crippen molar-refractivity contribution in [3.05, 3.63) is 36.8 Å². The summed E-state index contributed by atoms with van der Waals surface area (Å²) in [5.41, 5.74) is 1.38. The third kappa shape index (κ3) is 4.74. The summed E-state index contributed by atoms with van der Waals surface area (Å²) < 4.78 is 28.7. The van der Waals surface area contributed by atoms with Gasteiger partial charge in [0, 0.05) is 37.4 Å². The zero-order valence-corrected chi connectivity index (χ0v) is 19.4. The van der Waals surface area contributed by atoms with Crippen molar-refractivity contribution in [3.63, 3.8) is 0 Å². The van der Waals surface area contributed by atoms with Crippen molar-refractivity contribution >= 4 is 16.1 Å². The van der Waals surface area contributed by atoms with Crippen molar-refractivity contribution in [1.82, 2.24) is 18.8 Å². The minimum atomic E-state index is -3.58. The van der Waals surface area contributed by atoms with Gasteiger partial charge in [-0.2, -0.15) is 4.31 Å². The van der Waals surface area contributed by atoms with Crippen LogP contribution in [0.15, 0.2) is 41.7 Å². The first-order valence-corrected chi connectivity index (χ1v) is 13.0. The molecular formula is C23H32N4O4S. The molecule has 0 radical (unpaired) electrons. The van der Waals surface area contributed by atoms with Gasteiger partial charge in [0.25, 0.3) is 0 Å². The number of carbonyl (C=O) groups is 1. The van der Waals surface area contributed by atoms with Crippen LogP contribution in [-0.2, 0) is 10.0 Å². The SMILES string of the molecule is CCN(C(=O)n1cnc(-c2ccc(S(=O)(=O)N3CCC(O)CC3)cc2)c1)C1CCCCC1. The predicted octanol–water partition coefficient (Wildman–Crippen LogP) is 3.32. The number of aliphatic hydroxyl groups excluding tert-OH is 1. The van der Waals surface area contributed by atoms with Gasteiger partial charge in [0.1, 0.15) is 6.33 Å². The highest BCUT2D eigenvalue weighted by Gasteiger charge is 2.29. The number of benzene rings is 1. The van der Waals surface area contributed by atoms with E-state index in [1.165, 1.54) is 21.6 Å². The van der Waals surface area contributed by atoms with Gasteiger partial charge >= 0.3 is 6.03 Å². The van der Waals surface area contributed by atoms with E-state index in [1.54, 1.807) is 30.5 Å². The van der Waals surface area contributed by atoms with Crippen LogP contribution >= 0.6 is 0 Å². The molecule has 2 heterocycles. The van der Waals surface area contributed by atoms with E-state index in [2.05, 4.69) is 4.98 Å². The number of nitrogens with zero attached hydrogens (tertiary/aromatic N) is 4. The van der Waals surface area contributed by atoms with Gasteiger partial charge in [0.05, 0.1) is 16.7 Å².